The first kappa shape index (κ1) is 37.0. The van der Waals surface area contributed by atoms with Gasteiger partial charge in [0.15, 0.2) is 0 Å². The molecular formula is C18H34N6O3Y-2. The Morgan fingerprint density at radius 1 is 1.25 bits per heavy atom. The van der Waals surface area contributed by atoms with Crippen molar-refractivity contribution in [2.45, 2.75) is 35.6 Å². The van der Waals surface area contributed by atoms with Gasteiger partial charge < -0.3 is 35.0 Å². The van der Waals surface area contributed by atoms with Crippen LogP contribution in [0.4, 0.5) is 5.69 Å². The van der Waals surface area contributed by atoms with E-state index in [1.54, 1.807) is 6.92 Å². The van der Waals surface area contributed by atoms with Crippen LogP contribution >= 0.6 is 0 Å². The Labute approximate surface area is 194 Å². The molecule has 0 unspecified atom stereocenters. The largest absolute Gasteiger partial charge is 0.479 e. The van der Waals surface area contributed by atoms with E-state index in [1.165, 1.54) is 31.3 Å². The number of carbonyl (C=O) groups is 1. The fourth-order valence-electron chi connectivity index (χ4n) is 1.48. The number of hydrogen-bond donors (Lipinski definition) is 2. The SMILES string of the molecule is C.C.CC.COC(=O)c1cnn(-c2nc(C=N)c(N)c(OC)n2)c1.[CH2-]C.[CH3-].[Y]. The average Bonchev–Trinajstić information content (AvgIpc) is 3.14. The quantitative estimate of drug-likeness (QED) is 0.396. The van der Waals surface area contributed by atoms with Crippen molar-refractivity contribution in [1.82, 2.24) is 19.7 Å². The minimum absolute atomic E-state index is 0. The third-order valence-electron chi connectivity index (χ3n) is 2.47. The third-order valence-corrected chi connectivity index (χ3v) is 2.47. The standard InChI is InChI=1S/C11H12N6O3.C2H6.C2H5.2CH4.CH3.Y/c1-19-9-8(13)7(3-12)15-11(16-9)17-5-6(4-14-17)10(18)20-2;2*1-2;;;;/h3-5,12H,13H2,1-2H3;1-2H3;1H2,2H3;2*1H4;1H3;/q;;-1;;;-1;. The first-order chi connectivity index (χ1) is 11.6. The summed E-state index contributed by atoms with van der Waals surface area (Å²) < 4.78 is 10.9. The van der Waals surface area contributed by atoms with E-state index in [2.05, 4.69) is 26.7 Å². The summed E-state index contributed by atoms with van der Waals surface area (Å²) in [5.41, 5.74) is 6.33. The number of rotatable bonds is 4. The Morgan fingerprint density at radius 2 is 1.79 bits per heavy atom. The fraction of sp³-hybridized carbons (Fsp3) is 0.389. The molecule has 1 radical (unpaired) electrons. The maximum Gasteiger partial charge on any atom is 0.341 e. The van der Waals surface area contributed by atoms with Crippen LogP contribution in [0.5, 0.6) is 5.88 Å². The van der Waals surface area contributed by atoms with Crippen molar-refractivity contribution in [2.75, 3.05) is 20.0 Å². The van der Waals surface area contributed by atoms with E-state index >= 15 is 0 Å². The van der Waals surface area contributed by atoms with Crippen LogP contribution in [0.1, 0.15) is 51.7 Å². The summed E-state index contributed by atoms with van der Waals surface area (Å²) in [5.74, 6) is -0.265. The molecule has 0 saturated heterocycles. The smallest absolute Gasteiger partial charge is 0.341 e. The number of ether oxygens (including phenoxy) is 2. The summed E-state index contributed by atoms with van der Waals surface area (Å²) in [4.78, 5) is 19.5. The number of esters is 1. The van der Waals surface area contributed by atoms with Crippen LogP contribution in [-0.2, 0) is 37.4 Å². The number of aromatic nitrogens is 4. The van der Waals surface area contributed by atoms with Gasteiger partial charge >= 0.3 is 5.97 Å². The molecule has 28 heavy (non-hydrogen) atoms. The number of nitrogens with two attached hydrogens (primary N) is 1. The molecule has 0 saturated carbocycles. The molecule has 0 aliphatic rings. The molecule has 0 aromatic carbocycles. The molecule has 0 aliphatic heterocycles. The second-order valence-corrected chi connectivity index (χ2v) is 3.64. The van der Waals surface area contributed by atoms with Crippen molar-refractivity contribution in [1.29, 1.82) is 5.41 Å². The molecule has 0 fully saturated rings. The first-order valence-corrected chi connectivity index (χ1v) is 7.16. The Balaban J connectivity index is -0.000000207. The van der Waals surface area contributed by atoms with E-state index in [1.807, 2.05) is 13.8 Å². The van der Waals surface area contributed by atoms with E-state index < -0.39 is 5.97 Å². The number of anilines is 1. The molecule has 10 heteroatoms. The predicted molar refractivity (Wildman–Crippen MR) is 112 cm³/mol. The van der Waals surface area contributed by atoms with Crippen molar-refractivity contribution in [3.63, 3.8) is 0 Å². The zero-order valence-electron chi connectivity index (χ0n) is 16.1. The van der Waals surface area contributed by atoms with Gasteiger partial charge in [-0.15, -0.1) is 0 Å². The van der Waals surface area contributed by atoms with Gasteiger partial charge in [-0.2, -0.15) is 17.0 Å². The maximum atomic E-state index is 11.4. The molecule has 0 atom stereocenters. The molecular weight excluding hydrogens is 437 g/mol. The molecule has 2 aromatic heterocycles. The molecule has 0 amide bonds. The van der Waals surface area contributed by atoms with Crippen LogP contribution in [0.2, 0.25) is 0 Å². The minimum atomic E-state index is -0.522. The summed E-state index contributed by atoms with van der Waals surface area (Å²) in [6.07, 6.45) is 3.71. The van der Waals surface area contributed by atoms with Crippen LogP contribution in [0, 0.1) is 19.8 Å². The Bertz CT molecular complexity index is 677. The third kappa shape index (κ3) is 9.37. The molecule has 9 nitrogen and oxygen atoms in total. The Hall–Kier alpha value is -1.87. The summed E-state index contributed by atoms with van der Waals surface area (Å²) in [6, 6.07) is 0. The summed E-state index contributed by atoms with van der Waals surface area (Å²) in [5, 5.41) is 11.2. The van der Waals surface area contributed by atoms with Crippen molar-refractivity contribution >= 4 is 17.9 Å². The Kier molecular flexibility index (Phi) is 26.2. The number of nitrogen functional groups attached to an aromatic ring is 1. The van der Waals surface area contributed by atoms with E-state index in [-0.39, 0.29) is 83.8 Å². The molecule has 2 rings (SSSR count). The Morgan fingerprint density at radius 3 is 2.21 bits per heavy atom. The zero-order valence-corrected chi connectivity index (χ0v) is 18.9. The second kappa shape index (κ2) is 19.9. The predicted octanol–water partition coefficient (Wildman–Crippen LogP) is 3.62. The van der Waals surface area contributed by atoms with Crippen LogP contribution in [0.3, 0.4) is 0 Å². The molecule has 2 heterocycles. The van der Waals surface area contributed by atoms with Crippen molar-refractivity contribution in [2.24, 2.45) is 0 Å². The van der Waals surface area contributed by atoms with Crippen LogP contribution in [-0.4, -0.2) is 46.2 Å². The monoisotopic (exact) mass is 471 g/mol. The van der Waals surface area contributed by atoms with E-state index in [0.29, 0.717) is 0 Å². The molecule has 3 N–H and O–H groups in total. The second-order valence-electron chi connectivity index (χ2n) is 3.64. The van der Waals surface area contributed by atoms with Gasteiger partial charge in [-0.3, -0.25) is 0 Å². The van der Waals surface area contributed by atoms with E-state index in [9.17, 15) is 4.79 Å². The minimum Gasteiger partial charge on any atom is -0.479 e. The molecule has 159 valence electrons. The zero-order chi connectivity index (χ0) is 18.7. The van der Waals surface area contributed by atoms with E-state index in [0.717, 1.165) is 6.21 Å². The van der Waals surface area contributed by atoms with Gasteiger partial charge in [0.25, 0.3) is 5.95 Å². The molecule has 0 spiro atoms. The van der Waals surface area contributed by atoms with Crippen molar-refractivity contribution in [3.8, 4) is 11.8 Å². The molecule has 2 aromatic rings. The van der Waals surface area contributed by atoms with Gasteiger partial charge in [-0.1, -0.05) is 28.7 Å². The van der Waals surface area contributed by atoms with Crippen LogP contribution in [0.15, 0.2) is 12.4 Å². The number of nitrogens with zero attached hydrogens (tertiary/aromatic N) is 4. The van der Waals surface area contributed by atoms with Crippen LogP contribution < -0.4 is 10.5 Å². The van der Waals surface area contributed by atoms with Gasteiger partial charge in [0, 0.05) is 45.1 Å². The van der Waals surface area contributed by atoms with Gasteiger partial charge in [0.1, 0.15) is 11.4 Å². The first-order valence-electron chi connectivity index (χ1n) is 7.16. The van der Waals surface area contributed by atoms with Crippen LogP contribution in [0.25, 0.3) is 5.95 Å². The van der Waals surface area contributed by atoms with E-state index in [4.69, 9.17) is 15.9 Å². The van der Waals surface area contributed by atoms with Gasteiger partial charge in [-0.25, -0.2) is 14.5 Å². The maximum absolute atomic E-state index is 11.4. The summed E-state index contributed by atoms with van der Waals surface area (Å²) in [7, 11) is 2.68. The topological polar surface area (TPSA) is 129 Å². The fourth-order valence-corrected chi connectivity index (χ4v) is 1.48. The van der Waals surface area contributed by atoms with Crippen molar-refractivity contribution < 1.29 is 47.0 Å². The van der Waals surface area contributed by atoms with Crippen molar-refractivity contribution in [3.05, 3.63) is 38.0 Å². The normalized spacial score (nSPS) is 7.64. The number of methoxy groups -OCH3 is 2. The van der Waals surface area contributed by atoms with Gasteiger partial charge in [0.05, 0.1) is 26.0 Å². The van der Waals surface area contributed by atoms with Gasteiger partial charge in [-0.05, 0) is 0 Å². The summed E-state index contributed by atoms with van der Waals surface area (Å²) in [6.45, 7) is 9.00. The summed E-state index contributed by atoms with van der Waals surface area (Å²) >= 11 is 0. The van der Waals surface area contributed by atoms with Gasteiger partial charge in [0.2, 0.25) is 5.88 Å². The number of carbonyl (C=O) groups excluding carboxylic acids is 1. The molecule has 0 bridgehead atoms. The number of hydrogen-bond acceptors (Lipinski definition) is 8. The average molecular weight is 471 g/mol. The molecule has 0 aliphatic carbocycles. The number of nitrogens with one attached hydrogen (secondary N) is 1.